The van der Waals surface area contributed by atoms with Crippen LogP contribution in [0.4, 0.5) is 5.69 Å². The Kier molecular flexibility index (Phi) is 4.49. The lowest BCUT2D eigenvalue weighted by Gasteiger charge is -2.10. The largest absolute Gasteiger partial charge is 0.487 e. The second-order valence-electron chi connectivity index (χ2n) is 3.43. The fraction of sp³-hybridized carbons (Fsp3) is 0.500. The van der Waals surface area contributed by atoms with Crippen LogP contribution in [-0.4, -0.2) is 17.8 Å². The molecule has 0 aliphatic rings. The molecule has 0 bridgehead atoms. The number of thiophene rings is 1. The maximum Gasteiger partial charge on any atom is 0.261 e. The zero-order chi connectivity index (χ0) is 12.3. The first-order valence-corrected chi connectivity index (χ1v) is 6.79. The second kappa shape index (κ2) is 5.45. The van der Waals surface area contributed by atoms with E-state index >= 15 is 0 Å². The van der Waals surface area contributed by atoms with Crippen LogP contribution in [0.25, 0.3) is 0 Å². The molecule has 1 heterocycles. The predicted molar refractivity (Wildman–Crippen MR) is 69.4 cm³/mol. The van der Waals surface area contributed by atoms with Gasteiger partial charge in [0.25, 0.3) is 5.91 Å². The van der Waals surface area contributed by atoms with Crippen molar-refractivity contribution in [2.24, 2.45) is 5.73 Å². The monoisotopic (exact) mass is 260 g/mol. The van der Waals surface area contributed by atoms with E-state index in [0.29, 0.717) is 16.3 Å². The molecule has 4 nitrogen and oxygen atoms in total. The molecule has 0 saturated carbocycles. The van der Waals surface area contributed by atoms with Gasteiger partial charge in [0.15, 0.2) is 5.75 Å². The Balaban J connectivity index is 3.14. The third-order valence-corrected chi connectivity index (χ3v) is 4.06. The molecular formula is C10H16N2O2S2. The maximum absolute atomic E-state index is 11.2. The number of anilines is 1. The lowest BCUT2D eigenvalue weighted by molar-refractivity contribution is 0.100. The second-order valence-corrected chi connectivity index (χ2v) is 5.98. The first-order valence-electron chi connectivity index (χ1n) is 4.98. The van der Waals surface area contributed by atoms with Gasteiger partial charge in [0, 0.05) is 0 Å². The quantitative estimate of drug-likeness (QED) is 0.796. The van der Waals surface area contributed by atoms with Crippen molar-refractivity contribution in [1.82, 2.24) is 0 Å². The summed E-state index contributed by atoms with van der Waals surface area (Å²) < 4.78 is 6.54. The van der Waals surface area contributed by atoms with E-state index in [2.05, 4.69) is 0 Å². The van der Waals surface area contributed by atoms with Gasteiger partial charge in [-0.05, 0) is 19.6 Å². The van der Waals surface area contributed by atoms with Crippen LogP contribution < -0.4 is 16.2 Å². The van der Waals surface area contributed by atoms with Gasteiger partial charge in [-0.15, -0.1) is 23.1 Å². The highest BCUT2D eigenvalue weighted by Crippen LogP contribution is 2.44. The molecule has 0 radical (unpaired) electrons. The zero-order valence-corrected chi connectivity index (χ0v) is 11.2. The van der Waals surface area contributed by atoms with Crippen LogP contribution in [0.3, 0.4) is 0 Å². The first kappa shape index (κ1) is 13.2. The van der Waals surface area contributed by atoms with E-state index in [4.69, 9.17) is 16.2 Å². The van der Waals surface area contributed by atoms with Gasteiger partial charge in [0.1, 0.15) is 9.09 Å². The summed E-state index contributed by atoms with van der Waals surface area (Å²) in [4.78, 5) is 11.5. The Morgan fingerprint density at radius 2 is 2.19 bits per heavy atom. The van der Waals surface area contributed by atoms with Crippen LogP contribution in [0.2, 0.25) is 0 Å². The summed E-state index contributed by atoms with van der Waals surface area (Å²) in [6.07, 6.45) is 0.0221. The normalized spacial score (nSPS) is 10.8. The van der Waals surface area contributed by atoms with Gasteiger partial charge in [0.2, 0.25) is 0 Å². The fourth-order valence-corrected chi connectivity index (χ4v) is 3.29. The topological polar surface area (TPSA) is 78.3 Å². The number of primary amides is 1. The van der Waals surface area contributed by atoms with E-state index in [0.717, 1.165) is 9.96 Å². The highest BCUT2D eigenvalue weighted by atomic mass is 32.2. The van der Waals surface area contributed by atoms with Crippen molar-refractivity contribution in [2.75, 3.05) is 11.5 Å². The number of carbonyl (C=O) groups excluding carboxylic acids is 1. The molecule has 0 saturated heterocycles. The minimum Gasteiger partial charge on any atom is -0.487 e. The molecule has 0 fully saturated rings. The Hall–Kier alpha value is -0.880. The number of nitrogen functional groups attached to an aromatic ring is 1. The Labute approximate surface area is 103 Å². The molecule has 90 valence electrons. The van der Waals surface area contributed by atoms with Crippen molar-refractivity contribution in [3.05, 3.63) is 4.88 Å². The van der Waals surface area contributed by atoms with E-state index in [1.54, 1.807) is 11.8 Å². The molecule has 6 heteroatoms. The minimum absolute atomic E-state index is 0.0221. The average Bonchev–Trinajstić information content (AvgIpc) is 2.46. The van der Waals surface area contributed by atoms with Crippen molar-refractivity contribution in [3.8, 4) is 5.75 Å². The van der Waals surface area contributed by atoms with Gasteiger partial charge < -0.3 is 16.2 Å². The lowest BCUT2D eigenvalue weighted by Crippen LogP contribution is -2.12. The number of nitrogens with two attached hydrogens (primary N) is 2. The van der Waals surface area contributed by atoms with E-state index in [9.17, 15) is 4.79 Å². The van der Waals surface area contributed by atoms with Crippen LogP contribution in [0.15, 0.2) is 4.21 Å². The molecule has 16 heavy (non-hydrogen) atoms. The zero-order valence-electron chi connectivity index (χ0n) is 9.57. The predicted octanol–water partition coefficient (Wildman–Crippen LogP) is 2.33. The molecule has 0 atom stereocenters. The van der Waals surface area contributed by atoms with Gasteiger partial charge in [-0.2, -0.15) is 0 Å². The summed E-state index contributed by atoms with van der Waals surface area (Å²) in [5, 5.41) is 0. The number of carbonyl (C=O) groups is 1. The molecular weight excluding hydrogens is 244 g/mol. The van der Waals surface area contributed by atoms with Crippen molar-refractivity contribution in [1.29, 1.82) is 0 Å². The van der Waals surface area contributed by atoms with Gasteiger partial charge in [-0.25, -0.2) is 0 Å². The fourth-order valence-electron chi connectivity index (χ4n) is 1.16. The summed E-state index contributed by atoms with van der Waals surface area (Å²) in [7, 11) is 0. The minimum atomic E-state index is -0.501. The molecule has 1 aromatic rings. The summed E-state index contributed by atoms with van der Waals surface area (Å²) >= 11 is 2.90. The SMILES string of the molecule is CCSc1sc(C(N)=O)c(N)c1OC(C)C. The number of hydrogen-bond acceptors (Lipinski definition) is 5. The number of ether oxygens (including phenoxy) is 1. The summed E-state index contributed by atoms with van der Waals surface area (Å²) in [5.74, 6) is 0.992. The van der Waals surface area contributed by atoms with Crippen LogP contribution in [0.1, 0.15) is 30.4 Å². The van der Waals surface area contributed by atoms with Crippen LogP contribution >= 0.6 is 23.1 Å². The van der Waals surface area contributed by atoms with E-state index < -0.39 is 5.91 Å². The molecule has 1 aromatic heterocycles. The van der Waals surface area contributed by atoms with Crippen LogP contribution in [0.5, 0.6) is 5.75 Å². The molecule has 4 N–H and O–H groups in total. The highest BCUT2D eigenvalue weighted by molar-refractivity contribution is 8.01. The van der Waals surface area contributed by atoms with Crippen molar-refractivity contribution < 1.29 is 9.53 Å². The third-order valence-electron chi connectivity index (χ3n) is 1.72. The van der Waals surface area contributed by atoms with Crippen LogP contribution in [-0.2, 0) is 0 Å². The summed E-state index contributed by atoms with van der Waals surface area (Å²) in [6.45, 7) is 5.87. The number of hydrogen-bond donors (Lipinski definition) is 2. The highest BCUT2D eigenvalue weighted by Gasteiger charge is 2.21. The number of rotatable bonds is 5. The standard InChI is InChI=1S/C10H16N2O2S2/c1-4-15-10-7(14-5(2)3)6(11)8(16-10)9(12)13/h5H,4,11H2,1-3H3,(H2,12,13). The van der Waals surface area contributed by atoms with Crippen molar-refractivity contribution in [2.45, 2.75) is 31.1 Å². The Morgan fingerprint density at radius 3 is 2.62 bits per heavy atom. The van der Waals surface area contributed by atoms with E-state index in [-0.39, 0.29) is 6.10 Å². The number of amides is 1. The van der Waals surface area contributed by atoms with Gasteiger partial charge in [0.05, 0.1) is 11.8 Å². The van der Waals surface area contributed by atoms with Crippen molar-refractivity contribution in [3.63, 3.8) is 0 Å². The number of thioether (sulfide) groups is 1. The molecule has 0 aliphatic carbocycles. The Bertz CT molecular complexity index is 388. The molecule has 0 spiro atoms. The van der Waals surface area contributed by atoms with E-state index in [1.807, 2.05) is 20.8 Å². The third kappa shape index (κ3) is 2.82. The van der Waals surface area contributed by atoms with Gasteiger partial charge in [-0.3, -0.25) is 4.79 Å². The van der Waals surface area contributed by atoms with Gasteiger partial charge >= 0.3 is 0 Å². The summed E-state index contributed by atoms with van der Waals surface area (Å²) in [6, 6.07) is 0. The molecule has 1 rings (SSSR count). The molecule has 0 unspecified atom stereocenters. The Morgan fingerprint density at radius 1 is 1.56 bits per heavy atom. The maximum atomic E-state index is 11.2. The van der Waals surface area contributed by atoms with Gasteiger partial charge in [-0.1, -0.05) is 6.92 Å². The molecule has 0 aliphatic heterocycles. The first-order chi connectivity index (χ1) is 7.47. The molecule has 0 aromatic carbocycles. The summed E-state index contributed by atoms with van der Waals surface area (Å²) in [5.41, 5.74) is 11.5. The average molecular weight is 260 g/mol. The smallest absolute Gasteiger partial charge is 0.261 e. The van der Waals surface area contributed by atoms with E-state index in [1.165, 1.54) is 11.3 Å². The molecule has 1 amide bonds. The lowest BCUT2D eigenvalue weighted by atomic mass is 10.3. The van der Waals surface area contributed by atoms with Crippen LogP contribution in [0, 0.1) is 0 Å². The van der Waals surface area contributed by atoms with Crippen molar-refractivity contribution >= 4 is 34.7 Å².